The normalized spacial score (nSPS) is 30.5. The number of hydrogen-bond acceptors (Lipinski definition) is 2. The second kappa shape index (κ2) is 5.55. The van der Waals surface area contributed by atoms with Crippen LogP contribution in [0, 0.1) is 5.92 Å². The van der Waals surface area contributed by atoms with E-state index >= 15 is 0 Å². The van der Waals surface area contributed by atoms with Crippen molar-refractivity contribution in [1.29, 1.82) is 0 Å². The van der Waals surface area contributed by atoms with Crippen LogP contribution in [-0.2, 0) is 4.74 Å². The van der Waals surface area contributed by atoms with E-state index in [0.29, 0.717) is 6.10 Å². The van der Waals surface area contributed by atoms with Gasteiger partial charge in [-0.25, -0.2) is 0 Å². The zero-order valence-electron chi connectivity index (χ0n) is 8.31. The SMILES string of the molecule is CCCNCC1CCCOC1C. The van der Waals surface area contributed by atoms with Gasteiger partial charge in [-0.2, -0.15) is 0 Å². The molecule has 1 fully saturated rings. The molecule has 2 atom stereocenters. The zero-order valence-corrected chi connectivity index (χ0v) is 8.31. The predicted octanol–water partition coefficient (Wildman–Crippen LogP) is 1.80. The first kappa shape index (κ1) is 10.0. The zero-order chi connectivity index (χ0) is 8.81. The molecule has 0 aromatic carbocycles. The maximum absolute atomic E-state index is 5.58. The van der Waals surface area contributed by atoms with Crippen LogP contribution in [0.25, 0.3) is 0 Å². The van der Waals surface area contributed by atoms with Gasteiger partial charge in [0.1, 0.15) is 0 Å². The van der Waals surface area contributed by atoms with Gasteiger partial charge in [0, 0.05) is 13.2 Å². The van der Waals surface area contributed by atoms with Crippen LogP contribution in [0.1, 0.15) is 33.1 Å². The molecule has 1 aliphatic heterocycles. The molecule has 0 aromatic heterocycles. The third-order valence-electron chi connectivity index (χ3n) is 2.60. The van der Waals surface area contributed by atoms with Crippen LogP contribution in [-0.4, -0.2) is 25.8 Å². The summed E-state index contributed by atoms with van der Waals surface area (Å²) in [6.07, 6.45) is 4.26. The molecular weight excluding hydrogens is 150 g/mol. The molecule has 0 amide bonds. The molecule has 1 saturated heterocycles. The average Bonchev–Trinajstić information content (AvgIpc) is 2.09. The molecule has 1 aliphatic rings. The minimum absolute atomic E-state index is 0.461. The number of hydrogen-bond donors (Lipinski definition) is 1. The van der Waals surface area contributed by atoms with Crippen molar-refractivity contribution >= 4 is 0 Å². The van der Waals surface area contributed by atoms with E-state index < -0.39 is 0 Å². The minimum atomic E-state index is 0.461. The van der Waals surface area contributed by atoms with Gasteiger partial charge in [0.25, 0.3) is 0 Å². The van der Waals surface area contributed by atoms with Crippen molar-refractivity contribution in [1.82, 2.24) is 5.32 Å². The van der Waals surface area contributed by atoms with Gasteiger partial charge in [-0.1, -0.05) is 6.92 Å². The van der Waals surface area contributed by atoms with Crippen molar-refractivity contribution in [3.05, 3.63) is 0 Å². The van der Waals surface area contributed by atoms with Gasteiger partial charge in [-0.05, 0) is 38.6 Å². The molecule has 0 radical (unpaired) electrons. The van der Waals surface area contributed by atoms with Gasteiger partial charge >= 0.3 is 0 Å². The maximum Gasteiger partial charge on any atom is 0.0587 e. The van der Waals surface area contributed by atoms with E-state index in [-0.39, 0.29) is 0 Å². The van der Waals surface area contributed by atoms with Crippen LogP contribution in [0.3, 0.4) is 0 Å². The summed E-state index contributed by atoms with van der Waals surface area (Å²) < 4.78 is 5.58. The quantitative estimate of drug-likeness (QED) is 0.651. The molecule has 2 heteroatoms. The molecule has 0 spiro atoms. The van der Waals surface area contributed by atoms with Crippen LogP contribution >= 0.6 is 0 Å². The Labute approximate surface area is 75.7 Å². The lowest BCUT2D eigenvalue weighted by atomic mass is 9.95. The Morgan fingerprint density at radius 3 is 3.00 bits per heavy atom. The summed E-state index contributed by atoms with van der Waals surface area (Å²) in [7, 11) is 0. The molecule has 0 aromatic rings. The maximum atomic E-state index is 5.58. The minimum Gasteiger partial charge on any atom is -0.378 e. The second-order valence-corrected chi connectivity index (χ2v) is 3.68. The van der Waals surface area contributed by atoms with Crippen LogP contribution in [0.5, 0.6) is 0 Å². The molecule has 0 aliphatic carbocycles. The van der Waals surface area contributed by atoms with Crippen LogP contribution in [0.15, 0.2) is 0 Å². The summed E-state index contributed by atoms with van der Waals surface area (Å²) in [5.74, 6) is 0.741. The Bertz CT molecular complexity index is 116. The lowest BCUT2D eigenvalue weighted by molar-refractivity contribution is -0.0137. The Hall–Kier alpha value is -0.0800. The van der Waals surface area contributed by atoms with Crippen LogP contribution in [0.2, 0.25) is 0 Å². The topological polar surface area (TPSA) is 21.3 Å². The lowest BCUT2D eigenvalue weighted by Crippen LogP contribution is -2.35. The summed E-state index contributed by atoms with van der Waals surface area (Å²) in [5.41, 5.74) is 0. The first-order valence-electron chi connectivity index (χ1n) is 5.17. The van der Waals surface area contributed by atoms with Gasteiger partial charge in [-0.15, -0.1) is 0 Å². The molecule has 2 unspecified atom stereocenters. The van der Waals surface area contributed by atoms with Gasteiger partial charge in [-0.3, -0.25) is 0 Å². The van der Waals surface area contributed by atoms with Crippen molar-refractivity contribution in [2.45, 2.75) is 39.2 Å². The Balaban J connectivity index is 2.11. The van der Waals surface area contributed by atoms with Crippen molar-refractivity contribution in [3.8, 4) is 0 Å². The molecule has 2 nitrogen and oxygen atoms in total. The lowest BCUT2D eigenvalue weighted by Gasteiger charge is -2.29. The third kappa shape index (κ3) is 3.11. The fourth-order valence-electron chi connectivity index (χ4n) is 1.72. The predicted molar refractivity (Wildman–Crippen MR) is 51.3 cm³/mol. The van der Waals surface area contributed by atoms with E-state index in [2.05, 4.69) is 19.2 Å². The molecule has 0 bridgehead atoms. The summed E-state index contributed by atoms with van der Waals surface area (Å²) >= 11 is 0. The van der Waals surface area contributed by atoms with Gasteiger partial charge in [0.2, 0.25) is 0 Å². The van der Waals surface area contributed by atoms with E-state index in [9.17, 15) is 0 Å². The van der Waals surface area contributed by atoms with Gasteiger partial charge in [0.05, 0.1) is 6.10 Å². The molecule has 0 saturated carbocycles. The molecule has 12 heavy (non-hydrogen) atoms. The second-order valence-electron chi connectivity index (χ2n) is 3.68. The van der Waals surface area contributed by atoms with Crippen molar-refractivity contribution in [2.24, 2.45) is 5.92 Å². The molecule has 1 rings (SSSR count). The highest BCUT2D eigenvalue weighted by Gasteiger charge is 2.20. The molecule has 1 N–H and O–H groups in total. The van der Waals surface area contributed by atoms with Crippen molar-refractivity contribution < 1.29 is 4.74 Å². The summed E-state index contributed by atoms with van der Waals surface area (Å²) in [4.78, 5) is 0. The van der Waals surface area contributed by atoms with E-state index in [4.69, 9.17) is 4.74 Å². The number of rotatable bonds is 4. The molecule has 72 valence electrons. The summed E-state index contributed by atoms with van der Waals surface area (Å²) in [6, 6.07) is 0. The standard InChI is InChI=1S/C10H21NO/c1-3-6-11-8-10-5-4-7-12-9(10)2/h9-11H,3-8H2,1-2H3. The fraction of sp³-hybridized carbons (Fsp3) is 1.00. The summed E-state index contributed by atoms with van der Waals surface area (Å²) in [6.45, 7) is 7.63. The largest absolute Gasteiger partial charge is 0.378 e. The Morgan fingerprint density at radius 2 is 2.33 bits per heavy atom. The molecule has 1 heterocycles. The van der Waals surface area contributed by atoms with Gasteiger partial charge < -0.3 is 10.1 Å². The van der Waals surface area contributed by atoms with Crippen LogP contribution < -0.4 is 5.32 Å². The van der Waals surface area contributed by atoms with Gasteiger partial charge in [0.15, 0.2) is 0 Å². The monoisotopic (exact) mass is 171 g/mol. The first-order valence-corrected chi connectivity index (χ1v) is 5.17. The highest BCUT2D eigenvalue weighted by Crippen LogP contribution is 2.19. The summed E-state index contributed by atoms with van der Waals surface area (Å²) in [5, 5.41) is 3.46. The highest BCUT2D eigenvalue weighted by atomic mass is 16.5. The Kier molecular flexibility index (Phi) is 4.62. The van der Waals surface area contributed by atoms with E-state index in [1.165, 1.54) is 19.3 Å². The van der Waals surface area contributed by atoms with E-state index in [1.54, 1.807) is 0 Å². The highest BCUT2D eigenvalue weighted by molar-refractivity contribution is 4.72. The van der Waals surface area contributed by atoms with Crippen molar-refractivity contribution in [2.75, 3.05) is 19.7 Å². The van der Waals surface area contributed by atoms with Crippen LogP contribution in [0.4, 0.5) is 0 Å². The number of nitrogens with one attached hydrogen (secondary N) is 1. The van der Waals surface area contributed by atoms with E-state index in [0.717, 1.165) is 25.6 Å². The molecular formula is C10H21NO. The Morgan fingerprint density at radius 1 is 1.50 bits per heavy atom. The van der Waals surface area contributed by atoms with E-state index in [1.807, 2.05) is 0 Å². The van der Waals surface area contributed by atoms with Crippen molar-refractivity contribution in [3.63, 3.8) is 0 Å². The fourth-order valence-corrected chi connectivity index (χ4v) is 1.72. The number of ether oxygens (including phenoxy) is 1. The smallest absolute Gasteiger partial charge is 0.0587 e. The first-order chi connectivity index (χ1) is 5.84. The third-order valence-corrected chi connectivity index (χ3v) is 2.60. The average molecular weight is 171 g/mol.